The van der Waals surface area contributed by atoms with E-state index in [4.69, 9.17) is 5.73 Å². The average Bonchev–Trinajstić information content (AvgIpc) is 2.72. The summed E-state index contributed by atoms with van der Waals surface area (Å²) in [7, 11) is 0. The molecule has 4 rings (SSSR count). The van der Waals surface area contributed by atoms with Gasteiger partial charge in [-0.05, 0) is 64.6 Å². The van der Waals surface area contributed by atoms with Crippen molar-refractivity contribution in [2.24, 2.45) is 0 Å². The van der Waals surface area contributed by atoms with Gasteiger partial charge in [0.25, 0.3) is 5.91 Å². The summed E-state index contributed by atoms with van der Waals surface area (Å²) in [6, 6.07) is 19.5. The Labute approximate surface area is 189 Å². The summed E-state index contributed by atoms with van der Waals surface area (Å²) >= 11 is 3.53. The lowest BCUT2D eigenvalue weighted by atomic mass is 9.87. The molecule has 1 heterocycles. The minimum absolute atomic E-state index is 0.0678. The average molecular weight is 475 g/mol. The first-order chi connectivity index (χ1) is 14.7. The van der Waals surface area contributed by atoms with Crippen LogP contribution in [0.2, 0.25) is 0 Å². The molecule has 3 aromatic carbocycles. The molecule has 156 valence electrons. The summed E-state index contributed by atoms with van der Waals surface area (Å²) < 4.78 is 0.826. The molecule has 0 saturated carbocycles. The van der Waals surface area contributed by atoms with Crippen LogP contribution in [0.3, 0.4) is 0 Å². The highest BCUT2D eigenvalue weighted by molar-refractivity contribution is 9.10. The Morgan fingerprint density at radius 2 is 1.71 bits per heavy atom. The molecule has 0 aliphatic carbocycles. The highest BCUT2D eigenvalue weighted by atomic mass is 79.9. The fourth-order valence-electron chi connectivity index (χ4n) is 3.37. The molecule has 0 saturated heterocycles. The Morgan fingerprint density at radius 3 is 2.42 bits per heavy atom. The number of nitrogen functional groups attached to an aromatic ring is 1. The zero-order chi connectivity index (χ0) is 22.2. The van der Waals surface area contributed by atoms with Crippen LogP contribution in [0, 0.1) is 0 Å². The van der Waals surface area contributed by atoms with E-state index in [-0.39, 0.29) is 17.3 Å². The second kappa shape index (κ2) is 8.12. The molecule has 3 N–H and O–H groups in total. The SMILES string of the molecule is CC(C)(C)c1ccc(NC(=O)c2cc(Br)cc(-c3ccc4nc(N)ncc4c3)c2)cc1. The van der Waals surface area contributed by atoms with Crippen molar-refractivity contribution in [3.63, 3.8) is 0 Å². The lowest BCUT2D eigenvalue weighted by Gasteiger charge is -2.19. The molecule has 31 heavy (non-hydrogen) atoms. The van der Waals surface area contributed by atoms with E-state index in [1.165, 1.54) is 5.56 Å². The monoisotopic (exact) mass is 474 g/mol. The Hall–Kier alpha value is -3.25. The van der Waals surface area contributed by atoms with Crippen molar-refractivity contribution in [3.8, 4) is 11.1 Å². The third-order valence-corrected chi connectivity index (χ3v) is 5.56. The first-order valence-corrected chi connectivity index (χ1v) is 10.7. The maximum atomic E-state index is 12.9. The molecule has 0 atom stereocenters. The Morgan fingerprint density at radius 1 is 0.968 bits per heavy atom. The number of benzene rings is 3. The predicted octanol–water partition coefficient (Wildman–Crippen LogP) is 6.19. The van der Waals surface area contributed by atoms with Crippen LogP contribution >= 0.6 is 15.9 Å². The lowest BCUT2D eigenvalue weighted by Crippen LogP contribution is -2.13. The van der Waals surface area contributed by atoms with Crippen molar-refractivity contribution in [3.05, 3.63) is 82.5 Å². The molecule has 0 fully saturated rings. The van der Waals surface area contributed by atoms with Crippen molar-refractivity contribution in [1.29, 1.82) is 0 Å². The van der Waals surface area contributed by atoms with Crippen LogP contribution in [-0.4, -0.2) is 15.9 Å². The highest BCUT2D eigenvalue weighted by Gasteiger charge is 2.14. The van der Waals surface area contributed by atoms with E-state index in [0.29, 0.717) is 5.56 Å². The van der Waals surface area contributed by atoms with Crippen molar-refractivity contribution >= 4 is 44.4 Å². The van der Waals surface area contributed by atoms with Gasteiger partial charge in [-0.15, -0.1) is 0 Å². The van der Waals surface area contributed by atoms with E-state index in [1.54, 1.807) is 6.20 Å². The first-order valence-electron chi connectivity index (χ1n) is 9.94. The first kappa shape index (κ1) is 21.0. The molecule has 0 spiro atoms. The minimum atomic E-state index is -0.164. The number of hydrogen-bond donors (Lipinski definition) is 2. The summed E-state index contributed by atoms with van der Waals surface area (Å²) in [5.74, 6) is 0.0835. The maximum Gasteiger partial charge on any atom is 0.255 e. The van der Waals surface area contributed by atoms with Gasteiger partial charge in [-0.3, -0.25) is 4.79 Å². The fourth-order valence-corrected chi connectivity index (χ4v) is 3.86. The second-order valence-corrected chi connectivity index (χ2v) is 9.43. The number of nitrogens with zero attached hydrogens (tertiary/aromatic N) is 2. The van der Waals surface area contributed by atoms with Crippen LogP contribution in [0.15, 0.2) is 71.3 Å². The van der Waals surface area contributed by atoms with Crippen molar-refractivity contribution < 1.29 is 4.79 Å². The summed E-state index contributed by atoms with van der Waals surface area (Å²) in [5.41, 5.74) is 10.9. The third kappa shape index (κ3) is 4.75. The van der Waals surface area contributed by atoms with Gasteiger partial charge in [0.2, 0.25) is 5.95 Å². The molecule has 6 heteroatoms. The number of carbonyl (C=O) groups excluding carboxylic acids is 1. The molecule has 0 unspecified atom stereocenters. The van der Waals surface area contributed by atoms with Gasteiger partial charge in [0, 0.05) is 27.3 Å². The molecular formula is C25H23BrN4O. The number of halogens is 1. The Balaban J connectivity index is 1.61. The van der Waals surface area contributed by atoms with Crippen LogP contribution in [0.1, 0.15) is 36.7 Å². The minimum Gasteiger partial charge on any atom is -0.368 e. The molecule has 0 radical (unpaired) electrons. The van der Waals surface area contributed by atoms with E-state index < -0.39 is 0 Å². The zero-order valence-electron chi connectivity index (χ0n) is 17.6. The van der Waals surface area contributed by atoms with Crippen LogP contribution in [0.4, 0.5) is 11.6 Å². The summed E-state index contributed by atoms with van der Waals surface area (Å²) in [6.07, 6.45) is 1.70. The van der Waals surface area contributed by atoms with Gasteiger partial charge in [-0.25, -0.2) is 9.97 Å². The quantitative estimate of drug-likeness (QED) is 0.370. The van der Waals surface area contributed by atoms with Gasteiger partial charge in [0.05, 0.1) is 5.52 Å². The summed E-state index contributed by atoms with van der Waals surface area (Å²) in [6.45, 7) is 6.49. The molecule has 1 amide bonds. The predicted molar refractivity (Wildman–Crippen MR) is 130 cm³/mol. The number of hydrogen-bond acceptors (Lipinski definition) is 4. The van der Waals surface area contributed by atoms with E-state index in [0.717, 1.165) is 32.2 Å². The number of amides is 1. The highest BCUT2D eigenvalue weighted by Crippen LogP contribution is 2.28. The van der Waals surface area contributed by atoms with Gasteiger partial charge >= 0.3 is 0 Å². The van der Waals surface area contributed by atoms with Gasteiger partial charge in [-0.2, -0.15) is 0 Å². The number of nitrogens with two attached hydrogens (primary N) is 1. The maximum absolute atomic E-state index is 12.9. The molecule has 4 aromatic rings. The number of aromatic nitrogens is 2. The molecule has 5 nitrogen and oxygen atoms in total. The van der Waals surface area contributed by atoms with Gasteiger partial charge < -0.3 is 11.1 Å². The standard InChI is InChI=1S/C25H23BrN4O/c1-25(2,3)19-5-7-21(8-6-19)29-23(31)17-11-16(12-20(26)13-17)15-4-9-22-18(10-15)14-28-24(27)30-22/h4-14H,1-3H3,(H,29,31)(H2,27,28,30). The van der Waals surface area contributed by atoms with E-state index in [1.807, 2.05) is 60.7 Å². The van der Waals surface area contributed by atoms with E-state index in [2.05, 4.69) is 52.0 Å². The summed E-state index contributed by atoms with van der Waals surface area (Å²) in [5, 5.41) is 3.87. The van der Waals surface area contributed by atoms with Crippen molar-refractivity contribution in [2.75, 3.05) is 11.1 Å². The number of carbonyl (C=O) groups is 1. The van der Waals surface area contributed by atoms with E-state index >= 15 is 0 Å². The second-order valence-electron chi connectivity index (χ2n) is 8.51. The molecule has 1 aromatic heterocycles. The fraction of sp³-hybridized carbons (Fsp3) is 0.160. The van der Waals surface area contributed by atoms with Crippen LogP contribution < -0.4 is 11.1 Å². The van der Waals surface area contributed by atoms with Gasteiger partial charge in [0.15, 0.2) is 0 Å². The molecule has 0 bridgehead atoms. The topological polar surface area (TPSA) is 80.9 Å². The smallest absolute Gasteiger partial charge is 0.255 e. The zero-order valence-corrected chi connectivity index (χ0v) is 19.2. The Bertz CT molecular complexity index is 1280. The number of fused-ring (bicyclic) bond motifs is 1. The molecule has 0 aliphatic rings. The van der Waals surface area contributed by atoms with Gasteiger partial charge in [-0.1, -0.05) is 54.9 Å². The normalized spacial score (nSPS) is 11.5. The van der Waals surface area contributed by atoms with Crippen LogP contribution in [0.25, 0.3) is 22.0 Å². The van der Waals surface area contributed by atoms with E-state index in [9.17, 15) is 4.79 Å². The Kier molecular flexibility index (Phi) is 5.50. The lowest BCUT2D eigenvalue weighted by molar-refractivity contribution is 0.102. The van der Waals surface area contributed by atoms with Gasteiger partial charge in [0.1, 0.15) is 0 Å². The summed E-state index contributed by atoms with van der Waals surface area (Å²) in [4.78, 5) is 21.2. The van der Waals surface area contributed by atoms with Crippen LogP contribution in [-0.2, 0) is 5.41 Å². The number of rotatable bonds is 3. The number of nitrogens with one attached hydrogen (secondary N) is 1. The van der Waals surface area contributed by atoms with Crippen molar-refractivity contribution in [1.82, 2.24) is 9.97 Å². The largest absolute Gasteiger partial charge is 0.368 e. The third-order valence-electron chi connectivity index (χ3n) is 5.10. The van der Waals surface area contributed by atoms with Crippen LogP contribution in [0.5, 0.6) is 0 Å². The number of anilines is 2. The molecule has 0 aliphatic heterocycles. The molecular weight excluding hydrogens is 452 g/mol. The van der Waals surface area contributed by atoms with Crippen molar-refractivity contribution in [2.45, 2.75) is 26.2 Å².